The summed E-state index contributed by atoms with van der Waals surface area (Å²) in [6.45, 7) is 7.60. The van der Waals surface area contributed by atoms with Crippen molar-refractivity contribution < 1.29 is 8.42 Å². The van der Waals surface area contributed by atoms with Gasteiger partial charge in [-0.3, -0.25) is 4.79 Å². The molecule has 0 aliphatic carbocycles. The van der Waals surface area contributed by atoms with Gasteiger partial charge in [0.05, 0.1) is 4.90 Å². The first kappa shape index (κ1) is 20.0. The Morgan fingerprint density at radius 2 is 1.79 bits per heavy atom. The molecule has 0 spiro atoms. The average molecular weight is 434 g/mol. The van der Waals surface area contributed by atoms with Crippen LogP contribution in [0.2, 0.25) is 0 Å². The normalized spacial score (nSPS) is 15.9. The summed E-state index contributed by atoms with van der Waals surface area (Å²) in [6.07, 6.45) is 0.688. The Labute approximate surface area is 173 Å². The number of anilines is 1. The van der Waals surface area contributed by atoms with Crippen molar-refractivity contribution in [3.63, 3.8) is 0 Å². The maximum atomic E-state index is 13.0. The summed E-state index contributed by atoms with van der Waals surface area (Å²) >= 11 is 1.35. The second-order valence-electron chi connectivity index (χ2n) is 7.16. The third-order valence-electron chi connectivity index (χ3n) is 5.27. The molecule has 8 nitrogen and oxygen atoms in total. The SMILES string of the molecule is CCc1cc(=O)n2nc(N3CCN(S(=O)(=O)c4ccc(C)c(C)c4)CC3)sc2n1. The van der Waals surface area contributed by atoms with Gasteiger partial charge in [0.1, 0.15) is 0 Å². The highest BCUT2D eigenvalue weighted by atomic mass is 32.2. The number of sulfonamides is 1. The molecular weight excluding hydrogens is 410 g/mol. The first-order valence-electron chi connectivity index (χ1n) is 9.52. The molecule has 1 aromatic carbocycles. The lowest BCUT2D eigenvalue weighted by Crippen LogP contribution is -2.48. The average Bonchev–Trinajstić information content (AvgIpc) is 3.15. The molecule has 0 amide bonds. The van der Waals surface area contributed by atoms with E-state index >= 15 is 0 Å². The summed E-state index contributed by atoms with van der Waals surface area (Å²) in [5.74, 6) is 0. The number of nitrogens with zero attached hydrogens (tertiary/aromatic N) is 5. The molecule has 1 aliphatic heterocycles. The van der Waals surface area contributed by atoms with Crippen LogP contribution in [0.1, 0.15) is 23.7 Å². The van der Waals surface area contributed by atoms with Crippen molar-refractivity contribution in [2.75, 3.05) is 31.1 Å². The quantitative estimate of drug-likeness (QED) is 0.624. The Morgan fingerprint density at radius 1 is 1.07 bits per heavy atom. The van der Waals surface area contributed by atoms with E-state index in [9.17, 15) is 13.2 Å². The summed E-state index contributed by atoms with van der Waals surface area (Å²) in [6, 6.07) is 6.74. The van der Waals surface area contributed by atoms with Crippen LogP contribution >= 0.6 is 11.3 Å². The smallest absolute Gasteiger partial charge is 0.275 e. The van der Waals surface area contributed by atoms with Crippen molar-refractivity contribution >= 4 is 31.5 Å². The van der Waals surface area contributed by atoms with Crippen molar-refractivity contribution in [2.24, 2.45) is 0 Å². The highest BCUT2D eigenvalue weighted by molar-refractivity contribution is 7.89. The molecule has 154 valence electrons. The van der Waals surface area contributed by atoms with Gasteiger partial charge in [0.2, 0.25) is 20.1 Å². The molecule has 0 N–H and O–H groups in total. The maximum Gasteiger partial charge on any atom is 0.275 e. The number of aryl methyl sites for hydroxylation is 3. The van der Waals surface area contributed by atoms with E-state index in [-0.39, 0.29) is 5.56 Å². The van der Waals surface area contributed by atoms with Crippen LogP contribution in [0.25, 0.3) is 4.96 Å². The molecule has 2 aromatic heterocycles. The summed E-state index contributed by atoms with van der Waals surface area (Å²) in [7, 11) is -3.53. The van der Waals surface area contributed by atoms with Crippen LogP contribution in [0.15, 0.2) is 34.0 Å². The van der Waals surface area contributed by atoms with Crippen LogP contribution < -0.4 is 10.5 Å². The van der Waals surface area contributed by atoms with Crippen molar-refractivity contribution in [3.05, 3.63) is 51.4 Å². The fourth-order valence-electron chi connectivity index (χ4n) is 3.30. The number of hydrogen-bond acceptors (Lipinski definition) is 7. The number of benzene rings is 1. The second kappa shape index (κ2) is 7.51. The van der Waals surface area contributed by atoms with Crippen LogP contribution in [-0.2, 0) is 16.4 Å². The molecule has 29 heavy (non-hydrogen) atoms. The van der Waals surface area contributed by atoms with Gasteiger partial charge in [0.25, 0.3) is 5.56 Å². The fourth-order valence-corrected chi connectivity index (χ4v) is 5.78. The van der Waals surface area contributed by atoms with Gasteiger partial charge in [-0.1, -0.05) is 24.3 Å². The monoisotopic (exact) mass is 433 g/mol. The van der Waals surface area contributed by atoms with Crippen molar-refractivity contribution in [2.45, 2.75) is 32.1 Å². The van der Waals surface area contributed by atoms with Gasteiger partial charge in [-0.15, -0.1) is 5.10 Å². The molecule has 1 fully saturated rings. The molecule has 0 radical (unpaired) electrons. The Morgan fingerprint density at radius 3 is 2.45 bits per heavy atom. The lowest BCUT2D eigenvalue weighted by atomic mass is 10.1. The van der Waals surface area contributed by atoms with Crippen LogP contribution in [0.4, 0.5) is 5.13 Å². The van der Waals surface area contributed by atoms with E-state index in [4.69, 9.17) is 0 Å². The fraction of sp³-hybridized carbons (Fsp3) is 0.421. The Kier molecular flexibility index (Phi) is 5.18. The minimum Gasteiger partial charge on any atom is -0.344 e. The molecule has 10 heteroatoms. The number of rotatable bonds is 4. The van der Waals surface area contributed by atoms with Crippen LogP contribution in [0.5, 0.6) is 0 Å². The highest BCUT2D eigenvalue weighted by Gasteiger charge is 2.30. The van der Waals surface area contributed by atoms with Crippen LogP contribution in [0, 0.1) is 13.8 Å². The number of aromatic nitrogens is 3. The van der Waals surface area contributed by atoms with Gasteiger partial charge in [0, 0.05) is 37.9 Å². The molecular formula is C19H23N5O3S2. The number of fused-ring (bicyclic) bond motifs is 1. The van der Waals surface area contributed by atoms with Gasteiger partial charge in [-0.2, -0.15) is 8.82 Å². The molecule has 4 rings (SSSR count). The highest BCUT2D eigenvalue weighted by Crippen LogP contribution is 2.25. The van der Waals surface area contributed by atoms with E-state index in [1.165, 1.54) is 26.2 Å². The van der Waals surface area contributed by atoms with Crippen molar-refractivity contribution in [1.82, 2.24) is 18.9 Å². The zero-order valence-corrected chi connectivity index (χ0v) is 18.3. The molecule has 0 unspecified atom stereocenters. The minimum atomic E-state index is -3.53. The lowest BCUT2D eigenvalue weighted by Gasteiger charge is -2.33. The summed E-state index contributed by atoms with van der Waals surface area (Å²) in [4.78, 5) is 19.6. The molecule has 3 heterocycles. The summed E-state index contributed by atoms with van der Waals surface area (Å²) < 4.78 is 28.8. The Bertz CT molecular complexity index is 1220. The first-order chi connectivity index (χ1) is 13.8. The molecule has 0 saturated carbocycles. The molecule has 0 bridgehead atoms. The van der Waals surface area contributed by atoms with Gasteiger partial charge < -0.3 is 4.90 Å². The lowest BCUT2D eigenvalue weighted by molar-refractivity contribution is 0.384. The Balaban J connectivity index is 1.53. The van der Waals surface area contributed by atoms with Crippen molar-refractivity contribution in [1.29, 1.82) is 0 Å². The number of piperazine rings is 1. The Hall–Kier alpha value is -2.30. The topological polar surface area (TPSA) is 87.9 Å². The van der Waals surface area contributed by atoms with E-state index in [0.717, 1.165) is 16.8 Å². The molecule has 1 aliphatic rings. The molecule has 3 aromatic rings. The predicted octanol–water partition coefficient (Wildman–Crippen LogP) is 1.84. The van der Waals surface area contributed by atoms with E-state index in [1.54, 1.807) is 12.1 Å². The first-order valence-corrected chi connectivity index (χ1v) is 11.8. The largest absolute Gasteiger partial charge is 0.344 e. The van der Waals surface area contributed by atoms with E-state index in [0.29, 0.717) is 47.6 Å². The van der Waals surface area contributed by atoms with Crippen LogP contribution in [0.3, 0.4) is 0 Å². The third kappa shape index (κ3) is 3.67. The second-order valence-corrected chi connectivity index (χ2v) is 10.0. The van der Waals surface area contributed by atoms with E-state index < -0.39 is 10.0 Å². The zero-order chi connectivity index (χ0) is 20.8. The van der Waals surface area contributed by atoms with Gasteiger partial charge in [-0.25, -0.2) is 13.4 Å². The van der Waals surface area contributed by atoms with E-state index in [2.05, 4.69) is 10.1 Å². The van der Waals surface area contributed by atoms with Gasteiger partial charge in [-0.05, 0) is 43.5 Å². The number of hydrogen-bond donors (Lipinski definition) is 0. The van der Waals surface area contributed by atoms with Gasteiger partial charge >= 0.3 is 0 Å². The standard InChI is InChI=1S/C19H23N5O3S2/c1-4-15-12-17(25)24-18(20-15)28-19(21-24)22-7-9-23(10-8-22)29(26,27)16-6-5-13(2)14(3)11-16/h5-6,11-12H,4,7-10H2,1-3H3. The molecule has 0 atom stereocenters. The predicted molar refractivity (Wildman–Crippen MR) is 113 cm³/mol. The van der Waals surface area contributed by atoms with Gasteiger partial charge in [0.15, 0.2) is 0 Å². The van der Waals surface area contributed by atoms with Crippen LogP contribution in [-0.4, -0.2) is 53.5 Å². The summed E-state index contributed by atoms with van der Waals surface area (Å²) in [5.41, 5.74) is 2.59. The maximum absolute atomic E-state index is 13.0. The summed E-state index contributed by atoms with van der Waals surface area (Å²) in [5, 5.41) is 5.08. The zero-order valence-electron chi connectivity index (χ0n) is 16.6. The third-order valence-corrected chi connectivity index (χ3v) is 8.14. The molecule has 1 saturated heterocycles. The van der Waals surface area contributed by atoms with Crippen molar-refractivity contribution in [3.8, 4) is 0 Å². The minimum absolute atomic E-state index is 0.190. The van der Waals surface area contributed by atoms with E-state index in [1.807, 2.05) is 31.7 Å².